The highest BCUT2D eigenvalue weighted by atomic mass is 16.1. The average molecular weight is 261 g/mol. The van der Waals surface area contributed by atoms with Gasteiger partial charge < -0.3 is 15.5 Å². The minimum absolute atomic E-state index is 0.112. The summed E-state index contributed by atoms with van der Waals surface area (Å²) in [6.45, 7) is 2.15. The highest BCUT2D eigenvalue weighted by Gasteiger charge is 2.16. The van der Waals surface area contributed by atoms with Gasteiger partial charge in [-0.05, 0) is 44.0 Å². The molecule has 0 aromatic heterocycles. The number of para-hydroxylation sites is 2. The Labute approximate surface area is 115 Å². The number of nitrogens with one attached hydrogen (secondary N) is 2. The number of hydrogen-bond donors (Lipinski definition) is 2. The SMILES string of the molecule is CN(C)c1ccccc1NC(=O)CCC1CCNC1. The Balaban J connectivity index is 1.87. The van der Waals surface area contributed by atoms with E-state index >= 15 is 0 Å². The summed E-state index contributed by atoms with van der Waals surface area (Å²) in [4.78, 5) is 14.0. The summed E-state index contributed by atoms with van der Waals surface area (Å²) in [6, 6.07) is 7.89. The summed E-state index contributed by atoms with van der Waals surface area (Å²) in [7, 11) is 3.96. The molecule has 0 saturated carbocycles. The molecule has 1 saturated heterocycles. The van der Waals surface area contributed by atoms with Crippen LogP contribution in [0.4, 0.5) is 11.4 Å². The number of nitrogens with zero attached hydrogens (tertiary/aromatic N) is 1. The molecule has 0 aliphatic carbocycles. The molecule has 1 aliphatic rings. The molecule has 4 nitrogen and oxygen atoms in total. The average Bonchev–Trinajstić information content (AvgIpc) is 2.90. The predicted octanol–water partition coefficient (Wildman–Crippen LogP) is 2.08. The first-order chi connectivity index (χ1) is 9.16. The fraction of sp³-hybridized carbons (Fsp3) is 0.533. The van der Waals surface area contributed by atoms with Gasteiger partial charge in [-0.3, -0.25) is 4.79 Å². The van der Waals surface area contributed by atoms with E-state index in [2.05, 4.69) is 10.6 Å². The van der Waals surface area contributed by atoms with Gasteiger partial charge in [-0.25, -0.2) is 0 Å². The Bertz CT molecular complexity index is 425. The van der Waals surface area contributed by atoms with Gasteiger partial charge in [-0.2, -0.15) is 0 Å². The molecule has 0 spiro atoms. The maximum Gasteiger partial charge on any atom is 0.224 e. The summed E-state index contributed by atoms with van der Waals surface area (Å²) in [5.41, 5.74) is 1.93. The molecule has 1 fully saturated rings. The summed E-state index contributed by atoms with van der Waals surface area (Å²) >= 11 is 0. The number of benzene rings is 1. The van der Waals surface area contributed by atoms with Crippen molar-refractivity contribution in [3.05, 3.63) is 24.3 Å². The molecular weight excluding hydrogens is 238 g/mol. The molecule has 1 amide bonds. The molecule has 4 heteroatoms. The lowest BCUT2D eigenvalue weighted by Gasteiger charge is -2.18. The van der Waals surface area contributed by atoms with Gasteiger partial charge in [0.15, 0.2) is 0 Å². The van der Waals surface area contributed by atoms with Crippen LogP contribution in [0.2, 0.25) is 0 Å². The smallest absolute Gasteiger partial charge is 0.224 e. The number of hydrogen-bond acceptors (Lipinski definition) is 3. The molecule has 1 atom stereocenters. The van der Waals surface area contributed by atoms with E-state index in [-0.39, 0.29) is 5.91 Å². The number of anilines is 2. The first-order valence-corrected chi connectivity index (χ1v) is 6.93. The molecule has 1 aromatic carbocycles. The molecule has 1 heterocycles. The van der Waals surface area contributed by atoms with Gasteiger partial charge in [0.25, 0.3) is 0 Å². The van der Waals surface area contributed by atoms with Crippen molar-refractivity contribution in [2.24, 2.45) is 5.92 Å². The second kappa shape index (κ2) is 6.57. The third-order valence-electron chi connectivity index (χ3n) is 3.60. The van der Waals surface area contributed by atoms with Crippen LogP contribution in [0, 0.1) is 5.92 Å². The van der Waals surface area contributed by atoms with Crippen molar-refractivity contribution < 1.29 is 4.79 Å². The standard InChI is InChI=1S/C15H23N3O/c1-18(2)14-6-4-3-5-13(14)17-15(19)8-7-12-9-10-16-11-12/h3-6,12,16H,7-11H2,1-2H3,(H,17,19). The molecule has 1 aliphatic heterocycles. The van der Waals surface area contributed by atoms with Crippen LogP contribution < -0.4 is 15.5 Å². The Kier molecular flexibility index (Phi) is 4.80. The first kappa shape index (κ1) is 13.9. The third kappa shape index (κ3) is 3.96. The number of carbonyl (C=O) groups is 1. The molecule has 1 unspecified atom stereocenters. The Morgan fingerprint density at radius 1 is 1.42 bits per heavy atom. The summed E-state index contributed by atoms with van der Waals surface area (Å²) in [5, 5.41) is 6.35. The summed E-state index contributed by atoms with van der Waals surface area (Å²) < 4.78 is 0. The van der Waals surface area contributed by atoms with Crippen LogP contribution >= 0.6 is 0 Å². The maximum absolute atomic E-state index is 12.0. The lowest BCUT2D eigenvalue weighted by atomic mass is 10.0. The molecule has 2 rings (SSSR count). The monoisotopic (exact) mass is 261 g/mol. The molecule has 0 radical (unpaired) electrons. The number of amides is 1. The Hall–Kier alpha value is -1.55. The van der Waals surface area contributed by atoms with Crippen molar-refractivity contribution >= 4 is 17.3 Å². The van der Waals surface area contributed by atoms with E-state index in [1.54, 1.807) is 0 Å². The molecule has 0 bridgehead atoms. The molecule has 2 N–H and O–H groups in total. The van der Waals surface area contributed by atoms with Crippen molar-refractivity contribution in [1.82, 2.24) is 5.32 Å². The van der Waals surface area contributed by atoms with Crippen molar-refractivity contribution in [3.63, 3.8) is 0 Å². The zero-order chi connectivity index (χ0) is 13.7. The van der Waals surface area contributed by atoms with E-state index < -0.39 is 0 Å². The normalized spacial score (nSPS) is 18.3. The van der Waals surface area contributed by atoms with Crippen molar-refractivity contribution in [3.8, 4) is 0 Å². The van der Waals surface area contributed by atoms with Crippen molar-refractivity contribution in [2.45, 2.75) is 19.3 Å². The van der Waals surface area contributed by atoms with E-state index in [0.717, 1.165) is 30.9 Å². The lowest BCUT2D eigenvalue weighted by molar-refractivity contribution is -0.116. The van der Waals surface area contributed by atoms with Gasteiger partial charge in [0.1, 0.15) is 0 Å². The van der Waals surface area contributed by atoms with E-state index in [9.17, 15) is 4.79 Å². The topological polar surface area (TPSA) is 44.4 Å². The summed E-state index contributed by atoms with van der Waals surface area (Å²) in [5.74, 6) is 0.774. The highest BCUT2D eigenvalue weighted by Crippen LogP contribution is 2.24. The van der Waals surface area contributed by atoms with Crippen LogP contribution in [0.3, 0.4) is 0 Å². The number of carbonyl (C=O) groups excluding carboxylic acids is 1. The zero-order valence-corrected chi connectivity index (χ0v) is 11.8. The molecular formula is C15H23N3O. The number of rotatable bonds is 5. The van der Waals surface area contributed by atoms with E-state index in [4.69, 9.17) is 0 Å². The fourth-order valence-electron chi connectivity index (χ4n) is 2.48. The minimum atomic E-state index is 0.112. The second-order valence-electron chi connectivity index (χ2n) is 5.36. The van der Waals surface area contributed by atoms with Crippen LogP contribution in [-0.2, 0) is 4.79 Å². The predicted molar refractivity (Wildman–Crippen MR) is 79.6 cm³/mol. The molecule has 19 heavy (non-hydrogen) atoms. The van der Waals surface area contributed by atoms with Gasteiger partial charge in [0, 0.05) is 20.5 Å². The van der Waals surface area contributed by atoms with E-state index in [0.29, 0.717) is 12.3 Å². The van der Waals surface area contributed by atoms with Crippen LogP contribution in [0.25, 0.3) is 0 Å². The van der Waals surface area contributed by atoms with Gasteiger partial charge in [-0.1, -0.05) is 12.1 Å². The third-order valence-corrected chi connectivity index (χ3v) is 3.60. The van der Waals surface area contributed by atoms with Crippen molar-refractivity contribution in [2.75, 3.05) is 37.4 Å². The van der Waals surface area contributed by atoms with Gasteiger partial charge >= 0.3 is 0 Å². The van der Waals surface area contributed by atoms with Crippen LogP contribution in [0.5, 0.6) is 0 Å². The maximum atomic E-state index is 12.0. The van der Waals surface area contributed by atoms with E-state index in [1.807, 2.05) is 43.3 Å². The van der Waals surface area contributed by atoms with Gasteiger partial charge in [0.2, 0.25) is 5.91 Å². The van der Waals surface area contributed by atoms with Gasteiger partial charge in [-0.15, -0.1) is 0 Å². The second-order valence-corrected chi connectivity index (χ2v) is 5.36. The molecule has 1 aromatic rings. The van der Waals surface area contributed by atoms with E-state index in [1.165, 1.54) is 6.42 Å². The minimum Gasteiger partial charge on any atom is -0.376 e. The first-order valence-electron chi connectivity index (χ1n) is 6.93. The fourth-order valence-corrected chi connectivity index (χ4v) is 2.48. The zero-order valence-electron chi connectivity index (χ0n) is 11.8. The van der Waals surface area contributed by atoms with Crippen molar-refractivity contribution in [1.29, 1.82) is 0 Å². The van der Waals surface area contributed by atoms with Crippen LogP contribution in [0.15, 0.2) is 24.3 Å². The largest absolute Gasteiger partial charge is 0.376 e. The Morgan fingerprint density at radius 3 is 2.89 bits per heavy atom. The van der Waals surface area contributed by atoms with Gasteiger partial charge in [0.05, 0.1) is 11.4 Å². The summed E-state index contributed by atoms with van der Waals surface area (Å²) in [6.07, 6.45) is 2.78. The lowest BCUT2D eigenvalue weighted by Crippen LogP contribution is -2.17. The van der Waals surface area contributed by atoms with Crippen LogP contribution in [-0.4, -0.2) is 33.1 Å². The molecule has 104 valence electrons. The quantitative estimate of drug-likeness (QED) is 0.853. The van der Waals surface area contributed by atoms with Crippen LogP contribution in [0.1, 0.15) is 19.3 Å². The highest BCUT2D eigenvalue weighted by molar-refractivity contribution is 5.94. The Morgan fingerprint density at radius 2 is 2.21 bits per heavy atom.